The third-order valence-electron chi connectivity index (χ3n) is 4.02. The molecular weight excluding hydrogens is 304 g/mol. The lowest BCUT2D eigenvalue weighted by atomic mass is 10.2. The van der Waals surface area contributed by atoms with Crippen LogP contribution < -0.4 is 10.6 Å². The van der Waals surface area contributed by atoms with Gasteiger partial charge in [0.05, 0.1) is 12.3 Å². The van der Waals surface area contributed by atoms with Gasteiger partial charge in [-0.1, -0.05) is 13.8 Å². The van der Waals surface area contributed by atoms with Gasteiger partial charge >= 0.3 is 0 Å². The molecule has 0 fully saturated rings. The van der Waals surface area contributed by atoms with Gasteiger partial charge in [0, 0.05) is 33.4 Å². The number of unbranched alkanes of at least 4 members (excludes halogenated alkanes) is 1. The molecule has 0 radical (unpaired) electrons. The average Bonchev–Trinajstić information content (AvgIpc) is 3.13. The molecule has 1 rings (SSSR count). The van der Waals surface area contributed by atoms with E-state index in [-0.39, 0.29) is 6.04 Å². The number of guanidine groups is 1. The minimum Gasteiger partial charge on any atom is -0.468 e. The first-order valence-electron chi connectivity index (χ1n) is 9.06. The molecule has 0 aliphatic carbocycles. The molecule has 138 valence electrons. The lowest BCUT2D eigenvalue weighted by Crippen LogP contribution is -2.43. The van der Waals surface area contributed by atoms with Gasteiger partial charge in [-0.05, 0) is 45.0 Å². The quantitative estimate of drug-likeness (QED) is 0.348. The van der Waals surface area contributed by atoms with Crippen molar-refractivity contribution in [2.24, 2.45) is 4.99 Å². The number of likely N-dealkylation sites (N-methyl/N-ethyl adjacent to an activating group) is 1. The Balaban J connectivity index is 2.43. The van der Waals surface area contributed by atoms with Crippen LogP contribution in [-0.4, -0.2) is 57.3 Å². The maximum absolute atomic E-state index is 5.63. The van der Waals surface area contributed by atoms with Gasteiger partial charge in [0.2, 0.25) is 0 Å². The van der Waals surface area contributed by atoms with Crippen molar-refractivity contribution in [2.45, 2.75) is 39.7 Å². The van der Waals surface area contributed by atoms with E-state index < -0.39 is 0 Å². The van der Waals surface area contributed by atoms with Gasteiger partial charge in [-0.2, -0.15) is 0 Å². The first kappa shape index (κ1) is 20.5. The van der Waals surface area contributed by atoms with Crippen molar-refractivity contribution in [2.75, 3.05) is 46.4 Å². The van der Waals surface area contributed by atoms with Crippen LogP contribution in [0, 0.1) is 0 Å². The van der Waals surface area contributed by atoms with Crippen LogP contribution in [0.5, 0.6) is 0 Å². The van der Waals surface area contributed by atoms with E-state index in [0.29, 0.717) is 0 Å². The van der Waals surface area contributed by atoms with Crippen molar-refractivity contribution >= 4 is 5.96 Å². The summed E-state index contributed by atoms with van der Waals surface area (Å²) in [5.41, 5.74) is 0. The Labute approximate surface area is 146 Å². The lowest BCUT2D eigenvalue weighted by molar-refractivity contribution is 0.143. The summed E-state index contributed by atoms with van der Waals surface area (Å²) in [4.78, 5) is 6.68. The molecule has 0 saturated carbocycles. The van der Waals surface area contributed by atoms with Gasteiger partial charge in [-0.15, -0.1) is 0 Å². The van der Waals surface area contributed by atoms with Crippen LogP contribution in [-0.2, 0) is 4.74 Å². The molecule has 24 heavy (non-hydrogen) atoms. The fraction of sp³-hybridized carbons (Fsp3) is 0.722. The van der Waals surface area contributed by atoms with Crippen molar-refractivity contribution in [3.05, 3.63) is 24.2 Å². The molecule has 1 aromatic rings. The number of nitrogens with one attached hydrogen (secondary N) is 2. The summed E-state index contributed by atoms with van der Waals surface area (Å²) in [6.45, 7) is 11.6. The van der Waals surface area contributed by atoms with Crippen LogP contribution in [0.1, 0.15) is 45.4 Å². The zero-order chi connectivity index (χ0) is 17.6. The number of rotatable bonds is 12. The molecule has 0 aromatic carbocycles. The molecule has 0 amide bonds. The van der Waals surface area contributed by atoms with Gasteiger partial charge in [-0.3, -0.25) is 9.89 Å². The summed E-state index contributed by atoms with van der Waals surface area (Å²) in [7, 11) is 1.80. The molecule has 2 N–H and O–H groups in total. The van der Waals surface area contributed by atoms with Gasteiger partial charge < -0.3 is 19.8 Å². The summed E-state index contributed by atoms with van der Waals surface area (Å²) < 4.78 is 11.0. The molecule has 6 nitrogen and oxygen atoms in total. The Morgan fingerprint density at radius 2 is 2.04 bits per heavy atom. The molecule has 1 atom stereocenters. The topological polar surface area (TPSA) is 62.0 Å². The Morgan fingerprint density at radius 3 is 2.62 bits per heavy atom. The normalized spacial score (nSPS) is 13.3. The van der Waals surface area contributed by atoms with Gasteiger partial charge in [0.25, 0.3) is 0 Å². The molecule has 0 aliphatic heterocycles. The Hall–Kier alpha value is -1.53. The summed E-state index contributed by atoms with van der Waals surface area (Å²) in [5.74, 6) is 1.81. The fourth-order valence-electron chi connectivity index (χ4n) is 2.65. The molecule has 1 unspecified atom stereocenters. The van der Waals surface area contributed by atoms with E-state index in [1.807, 2.05) is 19.1 Å². The van der Waals surface area contributed by atoms with Crippen molar-refractivity contribution < 1.29 is 9.15 Å². The van der Waals surface area contributed by atoms with E-state index in [2.05, 4.69) is 34.4 Å². The van der Waals surface area contributed by atoms with E-state index in [1.54, 1.807) is 13.3 Å². The van der Waals surface area contributed by atoms with Crippen molar-refractivity contribution in [3.63, 3.8) is 0 Å². The smallest absolute Gasteiger partial charge is 0.191 e. The predicted molar refractivity (Wildman–Crippen MR) is 99.5 cm³/mol. The SMILES string of the molecule is CCOCCCCNC(=NC)NCC(c1ccco1)N(CC)CC. The van der Waals surface area contributed by atoms with E-state index >= 15 is 0 Å². The molecule has 1 aromatic heterocycles. The summed E-state index contributed by atoms with van der Waals surface area (Å²) in [5, 5.41) is 6.77. The molecule has 0 spiro atoms. The molecule has 0 saturated heterocycles. The van der Waals surface area contributed by atoms with Gasteiger partial charge in [-0.25, -0.2) is 0 Å². The Kier molecular flexibility index (Phi) is 11.0. The largest absolute Gasteiger partial charge is 0.468 e. The highest BCUT2D eigenvalue weighted by Crippen LogP contribution is 2.20. The van der Waals surface area contributed by atoms with E-state index in [9.17, 15) is 0 Å². The zero-order valence-corrected chi connectivity index (χ0v) is 15.7. The monoisotopic (exact) mass is 338 g/mol. The highest BCUT2D eigenvalue weighted by Gasteiger charge is 2.20. The van der Waals surface area contributed by atoms with Crippen LogP contribution in [0.2, 0.25) is 0 Å². The highest BCUT2D eigenvalue weighted by molar-refractivity contribution is 5.79. The third-order valence-corrected chi connectivity index (χ3v) is 4.02. The van der Waals surface area contributed by atoms with Crippen LogP contribution in [0.25, 0.3) is 0 Å². The second-order valence-electron chi connectivity index (χ2n) is 5.54. The van der Waals surface area contributed by atoms with Crippen molar-refractivity contribution in [3.8, 4) is 0 Å². The molecule has 1 heterocycles. The minimum atomic E-state index is 0.200. The number of furan rings is 1. The number of ether oxygens (including phenoxy) is 1. The minimum absolute atomic E-state index is 0.200. The average molecular weight is 338 g/mol. The molecule has 0 aliphatic rings. The maximum Gasteiger partial charge on any atom is 0.191 e. The maximum atomic E-state index is 5.63. The van der Waals surface area contributed by atoms with Crippen molar-refractivity contribution in [1.29, 1.82) is 0 Å². The van der Waals surface area contributed by atoms with Crippen LogP contribution in [0.3, 0.4) is 0 Å². The zero-order valence-electron chi connectivity index (χ0n) is 15.7. The number of aliphatic imine (C=N–C) groups is 1. The first-order chi connectivity index (χ1) is 11.8. The van der Waals surface area contributed by atoms with Crippen LogP contribution in [0.4, 0.5) is 0 Å². The fourth-order valence-corrected chi connectivity index (χ4v) is 2.65. The third kappa shape index (κ3) is 7.36. The number of nitrogens with zero attached hydrogens (tertiary/aromatic N) is 2. The van der Waals surface area contributed by atoms with E-state index in [0.717, 1.165) is 64.0 Å². The predicted octanol–water partition coefficient (Wildman–Crippen LogP) is 2.64. The number of hydrogen-bond donors (Lipinski definition) is 2. The summed E-state index contributed by atoms with van der Waals surface area (Å²) in [6.07, 6.45) is 3.86. The second kappa shape index (κ2) is 12.8. The molecule has 6 heteroatoms. The standard InChI is InChI=1S/C18H34N4O2/c1-5-22(6-2)16(17-11-10-14-24-17)15-21-18(19-4)20-12-8-9-13-23-7-3/h10-11,14,16H,5-9,12-13,15H2,1-4H3,(H2,19,20,21). The highest BCUT2D eigenvalue weighted by atomic mass is 16.5. The van der Waals surface area contributed by atoms with E-state index in [4.69, 9.17) is 9.15 Å². The Bertz CT molecular complexity index is 430. The van der Waals surface area contributed by atoms with Crippen LogP contribution in [0.15, 0.2) is 27.8 Å². The molecular formula is C18H34N4O2. The van der Waals surface area contributed by atoms with Gasteiger partial charge in [0.1, 0.15) is 5.76 Å². The number of hydrogen-bond acceptors (Lipinski definition) is 4. The first-order valence-corrected chi connectivity index (χ1v) is 9.06. The Morgan fingerprint density at radius 1 is 1.25 bits per heavy atom. The molecule has 0 bridgehead atoms. The summed E-state index contributed by atoms with van der Waals surface area (Å²) in [6, 6.07) is 4.18. The second-order valence-corrected chi connectivity index (χ2v) is 5.54. The van der Waals surface area contributed by atoms with E-state index in [1.165, 1.54) is 0 Å². The summed E-state index contributed by atoms with van der Waals surface area (Å²) >= 11 is 0. The van der Waals surface area contributed by atoms with Crippen LogP contribution >= 0.6 is 0 Å². The van der Waals surface area contributed by atoms with Gasteiger partial charge in [0.15, 0.2) is 5.96 Å². The lowest BCUT2D eigenvalue weighted by Gasteiger charge is -2.28. The van der Waals surface area contributed by atoms with Crippen molar-refractivity contribution in [1.82, 2.24) is 15.5 Å².